The van der Waals surface area contributed by atoms with Crippen LogP contribution in [0, 0.1) is 5.41 Å². The zero-order valence-electron chi connectivity index (χ0n) is 11.2. The highest BCUT2D eigenvalue weighted by atomic mass is 79.9. The Morgan fingerprint density at radius 2 is 2.37 bits per heavy atom. The Labute approximate surface area is 121 Å². The molecule has 1 aliphatic rings. The summed E-state index contributed by atoms with van der Waals surface area (Å²) in [6.07, 6.45) is 5.46. The molecule has 0 saturated heterocycles. The average molecular weight is 330 g/mol. The first-order valence-corrected chi connectivity index (χ1v) is 7.35. The van der Waals surface area contributed by atoms with Crippen molar-refractivity contribution in [3.63, 3.8) is 0 Å². The van der Waals surface area contributed by atoms with Gasteiger partial charge in [-0.2, -0.15) is 5.10 Å². The molecule has 0 radical (unpaired) electrons. The van der Waals surface area contributed by atoms with Gasteiger partial charge in [0.1, 0.15) is 5.69 Å². The number of hydrogen-bond acceptors (Lipinski definition) is 4. The maximum atomic E-state index is 12.5. The Kier molecular flexibility index (Phi) is 4.76. The first-order chi connectivity index (χ1) is 9.12. The second-order valence-corrected chi connectivity index (χ2v) is 6.07. The van der Waals surface area contributed by atoms with E-state index in [1.54, 1.807) is 18.0 Å². The van der Waals surface area contributed by atoms with Gasteiger partial charge in [0, 0.05) is 13.5 Å². The highest BCUT2D eigenvalue weighted by Crippen LogP contribution is 2.43. The van der Waals surface area contributed by atoms with E-state index in [-0.39, 0.29) is 11.2 Å². The maximum absolute atomic E-state index is 12.5. The molecular weight excluding hydrogens is 310 g/mol. The minimum atomic E-state index is 0.0207. The molecule has 1 saturated carbocycles. The zero-order valence-corrected chi connectivity index (χ0v) is 12.8. The first kappa shape index (κ1) is 14.7. The Bertz CT molecular complexity index is 449. The first-order valence-electron chi connectivity index (χ1n) is 6.55. The normalized spacial score (nSPS) is 17.2. The molecule has 0 aliphatic heterocycles. The lowest BCUT2D eigenvalue weighted by Gasteiger charge is -2.40. The van der Waals surface area contributed by atoms with E-state index in [1.807, 2.05) is 0 Å². The van der Waals surface area contributed by atoms with E-state index in [0.29, 0.717) is 31.8 Å². The Balaban J connectivity index is 2.11. The number of ether oxygens (including phenoxy) is 1. The molecule has 2 rings (SSSR count). The van der Waals surface area contributed by atoms with Gasteiger partial charge in [0.15, 0.2) is 5.78 Å². The van der Waals surface area contributed by atoms with Crippen molar-refractivity contribution in [3.8, 4) is 0 Å². The molecule has 1 aromatic rings. The van der Waals surface area contributed by atoms with Crippen LogP contribution in [-0.4, -0.2) is 35.8 Å². The summed E-state index contributed by atoms with van der Waals surface area (Å²) in [5, 5.41) is 4.21. The van der Waals surface area contributed by atoms with Crippen molar-refractivity contribution in [2.75, 3.05) is 20.3 Å². The van der Waals surface area contributed by atoms with Gasteiger partial charge >= 0.3 is 0 Å². The number of Topliss-reactive ketones (excluding diaryl/α,β-unsaturated/α-hetero) is 1. The summed E-state index contributed by atoms with van der Waals surface area (Å²) in [4.78, 5) is 12.5. The summed E-state index contributed by atoms with van der Waals surface area (Å²) < 4.78 is 7.49. The van der Waals surface area contributed by atoms with Gasteiger partial charge in [0.05, 0.1) is 23.8 Å². The van der Waals surface area contributed by atoms with E-state index in [0.717, 1.165) is 17.3 Å². The van der Waals surface area contributed by atoms with E-state index in [9.17, 15) is 4.79 Å². The maximum Gasteiger partial charge on any atom is 0.182 e. The third-order valence-electron chi connectivity index (χ3n) is 3.95. The van der Waals surface area contributed by atoms with Crippen LogP contribution >= 0.6 is 15.9 Å². The minimum absolute atomic E-state index is 0.0207. The van der Waals surface area contributed by atoms with E-state index in [4.69, 9.17) is 10.5 Å². The molecule has 1 heterocycles. The molecule has 5 nitrogen and oxygen atoms in total. The van der Waals surface area contributed by atoms with Gasteiger partial charge in [-0.3, -0.25) is 9.48 Å². The number of nitrogens with zero attached hydrogens (tertiary/aromatic N) is 2. The molecule has 1 fully saturated rings. The number of rotatable bonds is 7. The fourth-order valence-electron chi connectivity index (χ4n) is 2.54. The molecule has 0 bridgehead atoms. The molecule has 2 N–H and O–H groups in total. The number of halogens is 1. The third-order valence-corrected chi connectivity index (χ3v) is 4.53. The lowest BCUT2D eigenvalue weighted by atomic mass is 9.66. The molecule has 0 atom stereocenters. The summed E-state index contributed by atoms with van der Waals surface area (Å²) in [5.41, 5.74) is 6.48. The molecule has 1 aromatic heterocycles. The van der Waals surface area contributed by atoms with Crippen LogP contribution in [0.2, 0.25) is 0 Å². The topological polar surface area (TPSA) is 70.1 Å². The van der Waals surface area contributed by atoms with Crippen LogP contribution in [0.25, 0.3) is 0 Å². The Hall–Kier alpha value is -0.720. The standard InChI is InChI=1S/C13H20BrN3O2/c1-19-6-5-17-12(10(14)8-16-17)11(18)7-13(9-15)3-2-4-13/h8H,2-7,9,15H2,1H3. The lowest BCUT2D eigenvalue weighted by Crippen LogP contribution is -2.39. The van der Waals surface area contributed by atoms with E-state index >= 15 is 0 Å². The van der Waals surface area contributed by atoms with Gasteiger partial charge in [-0.15, -0.1) is 0 Å². The number of aromatic nitrogens is 2. The minimum Gasteiger partial charge on any atom is -0.383 e. The van der Waals surface area contributed by atoms with Crippen molar-refractivity contribution >= 4 is 21.7 Å². The monoisotopic (exact) mass is 329 g/mol. The highest BCUT2D eigenvalue weighted by Gasteiger charge is 2.38. The van der Waals surface area contributed by atoms with Gasteiger partial charge in [-0.1, -0.05) is 6.42 Å². The van der Waals surface area contributed by atoms with Crippen LogP contribution in [0.1, 0.15) is 36.2 Å². The van der Waals surface area contributed by atoms with Gasteiger partial charge in [-0.25, -0.2) is 0 Å². The van der Waals surface area contributed by atoms with Crippen molar-refractivity contribution < 1.29 is 9.53 Å². The second-order valence-electron chi connectivity index (χ2n) is 5.21. The Morgan fingerprint density at radius 1 is 1.63 bits per heavy atom. The number of ketones is 1. The van der Waals surface area contributed by atoms with E-state index in [1.165, 1.54) is 6.42 Å². The van der Waals surface area contributed by atoms with E-state index < -0.39 is 0 Å². The SMILES string of the molecule is COCCn1ncc(Br)c1C(=O)CC1(CN)CCC1. The molecule has 6 heteroatoms. The average Bonchev–Trinajstić information content (AvgIpc) is 2.72. The molecule has 0 aromatic carbocycles. The van der Waals surface area contributed by atoms with Crippen LogP contribution in [0.4, 0.5) is 0 Å². The summed E-state index contributed by atoms with van der Waals surface area (Å²) in [6.45, 7) is 1.71. The lowest BCUT2D eigenvalue weighted by molar-refractivity contribution is 0.0772. The van der Waals surface area contributed by atoms with Crippen LogP contribution in [-0.2, 0) is 11.3 Å². The largest absolute Gasteiger partial charge is 0.383 e. The highest BCUT2D eigenvalue weighted by molar-refractivity contribution is 9.10. The quantitative estimate of drug-likeness (QED) is 0.776. The fraction of sp³-hybridized carbons (Fsp3) is 0.692. The molecular formula is C13H20BrN3O2. The predicted molar refractivity (Wildman–Crippen MR) is 76.1 cm³/mol. The smallest absolute Gasteiger partial charge is 0.182 e. The second kappa shape index (κ2) is 6.15. The molecule has 0 spiro atoms. The van der Waals surface area contributed by atoms with Crippen LogP contribution in [0.3, 0.4) is 0 Å². The zero-order chi connectivity index (χ0) is 13.9. The summed E-state index contributed by atoms with van der Waals surface area (Å²) in [7, 11) is 1.64. The summed E-state index contributed by atoms with van der Waals surface area (Å²) >= 11 is 3.40. The van der Waals surface area contributed by atoms with Gasteiger partial charge < -0.3 is 10.5 Å². The molecule has 0 unspecified atom stereocenters. The van der Waals surface area contributed by atoms with Crippen molar-refractivity contribution in [2.45, 2.75) is 32.2 Å². The molecule has 0 amide bonds. The van der Waals surface area contributed by atoms with Crippen molar-refractivity contribution in [1.82, 2.24) is 9.78 Å². The summed E-state index contributed by atoms with van der Waals surface area (Å²) in [6, 6.07) is 0. The fourth-order valence-corrected chi connectivity index (χ4v) is 3.06. The number of nitrogens with two attached hydrogens (primary N) is 1. The van der Waals surface area contributed by atoms with Crippen molar-refractivity contribution in [2.24, 2.45) is 11.1 Å². The van der Waals surface area contributed by atoms with Crippen molar-refractivity contribution in [1.29, 1.82) is 0 Å². The van der Waals surface area contributed by atoms with Crippen LogP contribution in [0.5, 0.6) is 0 Å². The molecule has 106 valence electrons. The summed E-state index contributed by atoms with van der Waals surface area (Å²) in [5.74, 6) is 0.116. The predicted octanol–water partition coefficient (Wildman–Crippen LogP) is 1.99. The van der Waals surface area contributed by atoms with Crippen LogP contribution in [0.15, 0.2) is 10.7 Å². The number of carbonyl (C=O) groups excluding carboxylic acids is 1. The molecule has 1 aliphatic carbocycles. The van der Waals surface area contributed by atoms with Crippen molar-refractivity contribution in [3.05, 3.63) is 16.4 Å². The number of hydrogen-bond donors (Lipinski definition) is 1. The molecule has 19 heavy (non-hydrogen) atoms. The van der Waals surface area contributed by atoms with Gasteiger partial charge in [-0.05, 0) is 40.7 Å². The Morgan fingerprint density at radius 3 is 2.89 bits per heavy atom. The number of carbonyl (C=O) groups is 1. The third kappa shape index (κ3) is 3.07. The van der Waals surface area contributed by atoms with Gasteiger partial charge in [0.2, 0.25) is 0 Å². The number of methoxy groups -OCH3 is 1. The van der Waals surface area contributed by atoms with Gasteiger partial charge in [0.25, 0.3) is 0 Å². The van der Waals surface area contributed by atoms with Crippen LogP contribution < -0.4 is 5.73 Å². The van der Waals surface area contributed by atoms with E-state index in [2.05, 4.69) is 21.0 Å².